The summed E-state index contributed by atoms with van der Waals surface area (Å²) in [6.07, 6.45) is 4.58. The lowest BCUT2D eigenvalue weighted by Crippen LogP contribution is -2.04. The lowest BCUT2D eigenvalue weighted by atomic mass is 10.4. The summed E-state index contributed by atoms with van der Waals surface area (Å²) in [5.74, 6) is 2.24. The second-order valence-corrected chi connectivity index (χ2v) is 4.50. The number of anilines is 1. The van der Waals surface area contributed by atoms with Crippen LogP contribution in [0.1, 0.15) is 30.5 Å². The number of hydrogen-bond donors (Lipinski definition) is 1. The van der Waals surface area contributed by atoms with Gasteiger partial charge in [0, 0.05) is 30.4 Å². The van der Waals surface area contributed by atoms with Crippen molar-refractivity contribution < 1.29 is 4.52 Å². The van der Waals surface area contributed by atoms with E-state index < -0.39 is 0 Å². The van der Waals surface area contributed by atoms with Gasteiger partial charge in [0.2, 0.25) is 11.0 Å². The Morgan fingerprint density at radius 1 is 1.50 bits per heavy atom. The van der Waals surface area contributed by atoms with E-state index in [1.165, 1.54) is 30.7 Å². The van der Waals surface area contributed by atoms with Gasteiger partial charge < -0.3 is 9.84 Å². The molecule has 3 rings (SSSR count). The summed E-state index contributed by atoms with van der Waals surface area (Å²) in [5, 5.41) is 7.62. The Balaban J connectivity index is 1.50. The quantitative estimate of drug-likeness (QED) is 0.848. The molecule has 0 saturated heterocycles. The summed E-state index contributed by atoms with van der Waals surface area (Å²) in [7, 11) is 0. The van der Waals surface area contributed by atoms with Gasteiger partial charge in [0.05, 0.1) is 0 Å². The fourth-order valence-electron chi connectivity index (χ4n) is 1.40. The van der Waals surface area contributed by atoms with Gasteiger partial charge in [-0.15, -0.1) is 0 Å². The molecule has 0 amide bonds. The molecule has 0 aromatic carbocycles. The summed E-state index contributed by atoms with van der Waals surface area (Å²) in [6.45, 7) is 0.738. The maximum atomic E-state index is 4.89. The third-order valence-corrected chi connectivity index (χ3v) is 3.09. The first-order valence-corrected chi connectivity index (χ1v) is 6.02. The molecule has 0 spiro atoms. The third-order valence-electron chi connectivity index (χ3n) is 2.41. The molecule has 0 aliphatic heterocycles. The first kappa shape index (κ1) is 9.71. The largest absolute Gasteiger partial charge is 0.360 e. The van der Waals surface area contributed by atoms with E-state index in [4.69, 9.17) is 4.52 Å². The maximum Gasteiger partial charge on any atom is 0.228 e. The fraction of sp³-hybridized carbons (Fsp3) is 0.556. The summed E-state index contributed by atoms with van der Waals surface area (Å²) < 4.78 is 9.20. The van der Waals surface area contributed by atoms with Gasteiger partial charge in [0.25, 0.3) is 0 Å². The van der Waals surface area contributed by atoms with Crippen molar-refractivity contribution in [3.63, 3.8) is 0 Å². The number of nitrogens with zero attached hydrogens (tertiary/aromatic N) is 4. The minimum Gasteiger partial charge on any atom is -0.360 e. The SMILES string of the molecule is c1noc(CCNc2nc(C3CC3)ns2)n1. The molecule has 1 N–H and O–H groups in total. The van der Waals surface area contributed by atoms with Gasteiger partial charge in [-0.25, -0.2) is 4.98 Å². The molecular weight excluding hydrogens is 226 g/mol. The van der Waals surface area contributed by atoms with Gasteiger partial charge in [-0.1, -0.05) is 5.16 Å². The van der Waals surface area contributed by atoms with Gasteiger partial charge in [-0.3, -0.25) is 0 Å². The predicted molar refractivity (Wildman–Crippen MR) is 58.4 cm³/mol. The lowest BCUT2D eigenvalue weighted by molar-refractivity contribution is 0.380. The van der Waals surface area contributed by atoms with Gasteiger partial charge in [-0.2, -0.15) is 9.36 Å². The first-order chi connectivity index (χ1) is 7.92. The van der Waals surface area contributed by atoms with Crippen LogP contribution in [0.15, 0.2) is 10.9 Å². The van der Waals surface area contributed by atoms with Crippen molar-refractivity contribution >= 4 is 16.7 Å². The van der Waals surface area contributed by atoms with Crippen LogP contribution in [0, 0.1) is 0 Å². The van der Waals surface area contributed by atoms with Crippen LogP contribution in [0.2, 0.25) is 0 Å². The second-order valence-electron chi connectivity index (χ2n) is 3.74. The molecule has 16 heavy (non-hydrogen) atoms. The highest BCUT2D eigenvalue weighted by Crippen LogP contribution is 2.39. The highest BCUT2D eigenvalue weighted by atomic mass is 32.1. The van der Waals surface area contributed by atoms with Crippen LogP contribution in [0.25, 0.3) is 0 Å². The standard InChI is InChI=1S/C9H11N5OS/c1-2-6(1)8-13-9(16-14-8)10-4-3-7-11-5-12-15-7/h5-6H,1-4H2,(H,10,13,14). The normalized spacial score (nSPS) is 15.2. The molecule has 0 unspecified atom stereocenters. The van der Waals surface area contributed by atoms with E-state index >= 15 is 0 Å². The fourth-order valence-corrected chi connectivity index (χ4v) is 2.07. The zero-order valence-electron chi connectivity index (χ0n) is 8.59. The Morgan fingerprint density at radius 2 is 2.44 bits per heavy atom. The predicted octanol–water partition coefficient (Wildman–Crippen LogP) is 1.45. The molecule has 84 valence electrons. The average molecular weight is 237 g/mol. The van der Waals surface area contributed by atoms with Crippen LogP contribution in [0.4, 0.5) is 5.13 Å². The van der Waals surface area contributed by atoms with Gasteiger partial charge in [0.15, 0.2) is 6.33 Å². The van der Waals surface area contributed by atoms with Crippen molar-refractivity contribution in [1.29, 1.82) is 0 Å². The molecule has 1 aliphatic rings. The van der Waals surface area contributed by atoms with Crippen LogP contribution in [0.3, 0.4) is 0 Å². The van der Waals surface area contributed by atoms with Gasteiger partial charge in [-0.05, 0) is 12.8 Å². The number of nitrogens with one attached hydrogen (secondary N) is 1. The smallest absolute Gasteiger partial charge is 0.228 e. The highest BCUT2D eigenvalue weighted by Gasteiger charge is 2.27. The molecule has 0 radical (unpaired) electrons. The molecule has 1 saturated carbocycles. The molecule has 6 nitrogen and oxygen atoms in total. The van der Waals surface area contributed by atoms with Crippen LogP contribution < -0.4 is 5.32 Å². The summed E-state index contributed by atoms with van der Waals surface area (Å²) in [6, 6.07) is 0. The van der Waals surface area contributed by atoms with E-state index in [1.807, 2.05) is 0 Å². The molecular formula is C9H11N5OS. The van der Waals surface area contributed by atoms with Gasteiger partial charge >= 0.3 is 0 Å². The van der Waals surface area contributed by atoms with Crippen molar-refractivity contribution in [3.8, 4) is 0 Å². The summed E-state index contributed by atoms with van der Waals surface area (Å²) >= 11 is 1.42. The van der Waals surface area contributed by atoms with E-state index in [2.05, 4.69) is 24.8 Å². The van der Waals surface area contributed by atoms with Crippen molar-refractivity contribution in [2.75, 3.05) is 11.9 Å². The van der Waals surface area contributed by atoms with E-state index in [0.717, 1.165) is 17.5 Å². The Morgan fingerprint density at radius 3 is 3.19 bits per heavy atom. The number of aromatic nitrogens is 4. The van der Waals surface area contributed by atoms with Crippen molar-refractivity contribution in [3.05, 3.63) is 18.0 Å². The van der Waals surface area contributed by atoms with Crippen molar-refractivity contribution in [2.24, 2.45) is 0 Å². The molecule has 0 atom stereocenters. The third kappa shape index (κ3) is 2.19. The molecule has 2 aromatic rings. The van der Waals surface area contributed by atoms with Crippen molar-refractivity contribution in [1.82, 2.24) is 19.5 Å². The molecule has 2 aromatic heterocycles. The van der Waals surface area contributed by atoms with Gasteiger partial charge in [0.1, 0.15) is 5.82 Å². The zero-order valence-corrected chi connectivity index (χ0v) is 9.40. The van der Waals surface area contributed by atoms with E-state index in [9.17, 15) is 0 Å². The monoisotopic (exact) mass is 237 g/mol. The topological polar surface area (TPSA) is 76.7 Å². The second kappa shape index (κ2) is 4.17. The maximum absolute atomic E-state index is 4.89. The lowest BCUT2D eigenvalue weighted by Gasteiger charge is -1.97. The minimum absolute atomic E-state index is 0.614. The number of hydrogen-bond acceptors (Lipinski definition) is 7. The molecule has 0 bridgehead atoms. The van der Waals surface area contributed by atoms with E-state index in [-0.39, 0.29) is 0 Å². The Kier molecular flexibility index (Phi) is 2.53. The Labute approximate surface area is 96.3 Å². The van der Waals surface area contributed by atoms with Crippen LogP contribution in [-0.4, -0.2) is 26.0 Å². The minimum atomic E-state index is 0.614. The zero-order chi connectivity index (χ0) is 10.8. The highest BCUT2D eigenvalue weighted by molar-refractivity contribution is 7.09. The Bertz CT molecular complexity index is 450. The number of rotatable bonds is 5. The van der Waals surface area contributed by atoms with Crippen LogP contribution in [0.5, 0.6) is 0 Å². The molecule has 7 heteroatoms. The molecule has 2 heterocycles. The van der Waals surface area contributed by atoms with Crippen LogP contribution in [-0.2, 0) is 6.42 Å². The van der Waals surface area contributed by atoms with Crippen LogP contribution >= 0.6 is 11.5 Å². The van der Waals surface area contributed by atoms with Crippen molar-refractivity contribution in [2.45, 2.75) is 25.2 Å². The summed E-state index contributed by atoms with van der Waals surface area (Å²) in [4.78, 5) is 8.36. The van der Waals surface area contributed by atoms with E-state index in [1.54, 1.807) is 0 Å². The average Bonchev–Trinajstić information content (AvgIpc) is 2.83. The summed E-state index contributed by atoms with van der Waals surface area (Å²) in [5.41, 5.74) is 0. The van der Waals surface area contributed by atoms with E-state index in [0.29, 0.717) is 18.2 Å². The first-order valence-electron chi connectivity index (χ1n) is 5.25. The molecule has 1 aliphatic carbocycles. The Hall–Kier alpha value is -1.50. The molecule has 1 fully saturated rings.